The van der Waals surface area contributed by atoms with Gasteiger partial charge in [0.2, 0.25) is 0 Å². The molecule has 0 atom stereocenters. The number of halogens is 1. The van der Waals surface area contributed by atoms with Crippen LogP contribution in [0.4, 0.5) is 0 Å². The molecule has 1 aromatic carbocycles. The molecule has 3 aromatic rings. The maximum atomic E-state index is 12.3. The van der Waals surface area contributed by atoms with Crippen molar-refractivity contribution in [2.24, 2.45) is 0 Å². The Labute approximate surface area is 162 Å². The highest BCUT2D eigenvalue weighted by atomic mass is 35.5. The average molecular weight is 388 g/mol. The molecule has 8 heteroatoms. The molecule has 0 aliphatic heterocycles. The highest BCUT2D eigenvalue weighted by Gasteiger charge is 2.12. The van der Waals surface area contributed by atoms with E-state index in [1.807, 2.05) is 42.8 Å². The first-order chi connectivity index (χ1) is 13.0. The second-order valence-corrected chi connectivity index (χ2v) is 6.59. The van der Waals surface area contributed by atoms with E-state index in [2.05, 4.69) is 20.6 Å². The van der Waals surface area contributed by atoms with E-state index in [1.54, 1.807) is 13.2 Å². The number of aryl methyl sites for hydroxylation is 2. The third kappa shape index (κ3) is 4.31. The smallest absolute Gasteiger partial charge is 0.269 e. The first-order valence-corrected chi connectivity index (χ1v) is 9.05. The lowest BCUT2D eigenvalue weighted by atomic mass is 10.1. The fraction of sp³-hybridized carbons (Fsp3) is 0.316. The molecule has 3 rings (SSSR count). The van der Waals surface area contributed by atoms with Gasteiger partial charge in [-0.3, -0.25) is 14.6 Å². The number of carbonyl (C=O) groups is 1. The molecule has 2 aromatic heterocycles. The van der Waals surface area contributed by atoms with Crippen LogP contribution in [0.15, 0.2) is 30.3 Å². The van der Waals surface area contributed by atoms with Gasteiger partial charge in [0, 0.05) is 18.7 Å². The molecular formula is C19H22ClN5O2. The highest BCUT2D eigenvalue weighted by molar-refractivity contribution is 6.31. The predicted octanol–water partition coefficient (Wildman–Crippen LogP) is 3.37. The van der Waals surface area contributed by atoms with Gasteiger partial charge in [0.05, 0.1) is 29.2 Å². The Morgan fingerprint density at radius 3 is 2.85 bits per heavy atom. The van der Waals surface area contributed by atoms with E-state index in [0.29, 0.717) is 29.5 Å². The molecule has 7 nitrogen and oxygen atoms in total. The van der Waals surface area contributed by atoms with E-state index < -0.39 is 0 Å². The molecule has 0 aliphatic carbocycles. The van der Waals surface area contributed by atoms with E-state index in [4.69, 9.17) is 16.3 Å². The van der Waals surface area contributed by atoms with Gasteiger partial charge in [-0.05, 0) is 38.5 Å². The molecule has 0 aliphatic rings. The Kier molecular flexibility index (Phi) is 5.81. The van der Waals surface area contributed by atoms with Crippen LogP contribution in [0.5, 0.6) is 5.75 Å². The van der Waals surface area contributed by atoms with E-state index in [-0.39, 0.29) is 5.91 Å². The summed E-state index contributed by atoms with van der Waals surface area (Å²) in [5, 5.41) is 15.0. The van der Waals surface area contributed by atoms with Gasteiger partial charge in [0.25, 0.3) is 5.91 Å². The van der Waals surface area contributed by atoms with Gasteiger partial charge in [-0.1, -0.05) is 23.7 Å². The maximum absolute atomic E-state index is 12.3. The zero-order valence-corrected chi connectivity index (χ0v) is 16.3. The van der Waals surface area contributed by atoms with Crippen molar-refractivity contribution in [1.29, 1.82) is 0 Å². The molecule has 27 heavy (non-hydrogen) atoms. The van der Waals surface area contributed by atoms with Gasteiger partial charge in [0.1, 0.15) is 11.4 Å². The van der Waals surface area contributed by atoms with Crippen LogP contribution in [0.3, 0.4) is 0 Å². The molecule has 0 saturated heterocycles. The Hall–Kier alpha value is -2.80. The monoisotopic (exact) mass is 387 g/mol. The largest absolute Gasteiger partial charge is 0.497 e. The summed E-state index contributed by atoms with van der Waals surface area (Å²) in [5.41, 5.74) is 3.75. The highest BCUT2D eigenvalue weighted by Crippen LogP contribution is 2.22. The quantitative estimate of drug-likeness (QED) is 0.608. The minimum absolute atomic E-state index is 0.192. The third-order valence-electron chi connectivity index (χ3n) is 4.31. The number of rotatable bonds is 7. The number of aromatic nitrogens is 4. The molecule has 2 N–H and O–H groups in total. The number of H-pyrrole nitrogens is 1. The van der Waals surface area contributed by atoms with Crippen LogP contribution < -0.4 is 10.1 Å². The number of carbonyl (C=O) groups excluding carboxylic acids is 1. The minimum atomic E-state index is -0.192. The number of aromatic amines is 1. The van der Waals surface area contributed by atoms with Crippen molar-refractivity contribution in [3.05, 3.63) is 52.4 Å². The first kappa shape index (κ1) is 19.0. The molecule has 0 radical (unpaired) electrons. The number of nitrogens with one attached hydrogen (secondary N) is 2. The fourth-order valence-corrected chi connectivity index (χ4v) is 2.92. The number of nitrogens with zero attached hydrogens (tertiary/aromatic N) is 3. The summed E-state index contributed by atoms with van der Waals surface area (Å²) < 4.78 is 7.08. The van der Waals surface area contributed by atoms with Crippen LogP contribution in [-0.4, -0.2) is 39.5 Å². The zero-order chi connectivity index (χ0) is 19.4. The van der Waals surface area contributed by atoms with Gasteiger partial charge in [0.15, 0.2) is 0 Å². The minimum Gasteiger partial charge on any atom is -0.497 e. The predicted molar refractivity (Wildman–Crippen MR) is 104 cm³/mol. The summed E-state index contributed by atoms with van der Waals surface area (Å²) >= 11 is 6.14. The van der Waals surface area contributed by atoms with Crippen molar-refractivity contribution >= 4 is 17.5 Å². The number of ether oxygens (including phenoxy) is 1. The molecule has 2 heterocycles. The zero-order valence-electron chi connectivity index (χ0n) is 15.5. The lowest BCUT2D eigenvalue weighted by Gasteiger charge is -2.05. The molecular weight excluding hydrogens is 366 g/mol. The lowest BCUT2D eigenvalue weighted by molar-refractivity contribution is 0.0947. The third-order valence-corrected chi connectivity index (χ3v) is 4.86. The van der Waals surface area contributed by atoms with Gasteiger partial charge in [-0.25, -0.2) is 0 Å². The topological polar surface area (TPSA) is 84.8 Å². The fourth-order valence-electron chi connectivity index (χ4n) is 2.79. The summed E-state index contributed by atoms with van der Waals surface area (Å²) in [6.45, 7) is 5.04. The van der Waals surface area contributed by atoms with Crippen molar-refractivity contribution in [1.82, 2.24) is 25.3 Å². The second kappa shape index (κ2) is 8.26. The Morgan fingerprint density at radius 2 is 2.15 bits per heavy atom. The van der Waals surface area contributed by atoms with Crippen LogP contribution in [-0.2, 0) is 6.54 Å². The van der Waals surface area contributed by atoms with Crippen molar-refractivity contribution in [3.8, 4) is 17.0 Å². The normalized spacial score (nSPS) is 10.8. The van der Waals surface area contributed by atoms with Gasteiger partial charge >= 0.3 is 0 Å². The maximum Gasteiger partial charge on any atom is 0.269 e. The molecule has 0 saturated carbocycles. The standard InChI is InChI=1S/C19H22ClN5O2/c1-12-18(20)13(2)25(24-12)9-5-8-21-19(26)17-11-16(22-23-17)14-6-4-7-15(10-14)27-3/h4,6-7,10-11H,5,8-9H2,1-3H3,(H,21,26)(H,22,23). The summed E-state index contributed by atoms with van der Waals surface area (Å²) in [6.07, 6.45) is 0.751. The Morgan fingerprint density at radius 1 is 1.33 bits per heavy atom. The van der Waals surface area contributed by atoms with Crippen molar-refractivity contribution in [2.75, 3.05) is 13.7 Å². The van der Waals surface area contributed by atoms with Crippen molar-refractivity contribution in [2.45, 2.75) is 26.8 Å². The van der Waals surface area contributed by atoms with E-state index in [0.717, 1.165) is 29.1 Å². The number of hydrogen-bond acceptors (Lipinski definition) is 4. The van der Waals surface area contributed by atoms with Gasteiger partial charge in [-0.15, -0.1) is 0 Å². The summed E-state index contributed by atoms with van der Waals surface area (Å²) in [6, 6.07) is 9.26. The number of benzene rings is 1. The first-order valence-electron chi connectivity index (χ1n) is 8.67. The number of hydrogen-bond donors (Lipinski definition) is 2. The Bertz CT molecular complexity index is 947. The van der Waals surface area contributed by atoms with Crippen LogP contribution in [0.1, 0.15) is 28.3 Å². The van der Waals surface area contributed by atoms with Gasteiger partial charge in [-0.2, -0.15) is 10.2 Å². The van der Waals surface area contributed by atoms with Crippen LogP contribution in [0.25, 0.3) is 11.3 Å². The van der Waals surface area contributed by atoms with E-state index >= 15 is 0 Å². The average Bonchev–Trinajstić information content (AvgIpc) is 3.27. The number of methoxy groups -OCH3 is 1. The molecule has 0 bridgehead atoms. The molecule has 0 spiro atoms. The van der Waals surface area contributed by atoms with Crippen LogP contribution >= 0.6 is 11.6 Å². The van der Waals surface area contributed by atoms with E-state index in [9.17, 15) is 4.79 Å². The molecule has 1 amide bonds. The molecule has 0 fully saturated rings. The second-order valence-electron chi connectivity index (χ2n) is 6.22. The van der Waals surface area contributed by atoms with Crippen molar-refractivity contribution < 1.29 is 9.53 Å². The molecule has 142 valence electrons. The van der Waals surface area contributed by atoms with Crippen molar-refractivity contribution in [3.63, 3.8) is 0 Å². The lowest BCUT2D eigenvalue weighted by Crippen LogP contribution is -2.25. The van der Waals surface area contributed by atoms with Crippen LogP contribution in [0.2, 0.25) is 5.02 Å². The van der Waals surface area contributed by atoms with E-state index in [1.165, 1.54) is 0 Å². The summed E-state index contributed by atoms with van der Waals surface area (Å²) in [5.74, 6) is 0.550. The Balaban J connectivity index is 1.54. The number of amides is 1. The SMILES string of the molecule is COc1cccc(-c2cc(C(=O)NCCCn3nc(C)c(Cl)c3C)[nH]n2)c1. The molecule has 0 unspecified atom stereocenters. The summed E-state index contributed by atoms with van der Waals surface area (Å²) in [4.78, 5) is 12.3. The van der Waals surface area contributed by atoms with Crippen LogP contribution in [0, 0.1) is 13.8 Å². The van der Waals surface area contributed by atoms with Gasteiger partial charge < -0.3 is 10.1 Å². The summed E-state index contributed by atoms with van der Waals surface area (Å²) in [7, 11) is 1.61.